The highest BCUT2D eigenvalue weighted by molar-refractivity contribution is 5.41. The molecule has 33 heavy (non-hydrogen) atoms. The highest BCUT2D eigenvalue weighted by Crippen LogP contribution is 2.33. The van der Waals surface area contributed by atoms with Gasteiger partial charge in [-0.05, 0) is 23.6 Å². The predicted molar refractivity (Wildman–Crippen MR) is 121 cm³/mol. The van der Waals surface area contributed by atoms with E-state index in [4.69, 9.17) is 19.4 Å². The molecule has 0 saturated carbocycles. The number of piperidine rings is 1. The van der Waals surface area contributed by atoms with Gasteiger partial charge in [-0.2, -0.15) is 0 Å². The van der Waals surface area contributed by atoms with E-state index in [1.165, 1.54) is 12.1 Å². The van der Waals surface area contributed by atoms with Crippen molar-refractivity contribution in [1.29, 1.82) is 0 Å². The summed E-state index contributed by atoms with van der Waals surface area (Å²) in [5.41, 5.74) is 2.84. The maximum absolute atomic E-state index is 13.3. The Kier molecular flexibility index (Phi) is 6.28. The molecule has 4 heterocycles. The summed E-state index contributed by atoms with van der Waals surface area (Å²) in [5, 5.41) is 0. The Morgan fingerprint density at radius 1 is 1.03 bits per heavy atom. The van der Waals surface area contributed by atoms with Crippen LogP contribution in [-0.2, 0) is 22.3 Å². The van der Waals surface area contributed by atoms with Crippen LogP contribution in [0.25, 0.3) is 0 Å². The van der Waals surface area contributed by atoms with Gasteiger partial charge < -0.3 is 14.4 Å². The maximum atomic E-state index is 13.3. The van der Waals surface area contributed by atoms with E-state index in [1.54, 1.807) is 18.6 Å². The van der Waals surface area contributed by atoms with Gasteiger partial charge in [0.05, 0.1) is 24.6 Å². The number of hydrogen-bond acceptors (Lipinski definition) is 7. The molecule has 2 aromatic heterocycles. The van der Waals surface area contributed by atoms with Crippen molar-refractivity contribution in [3.05, 3.63) is 77.5 Å². The van der Waals surface area contributed by atoms with Gasteiger partial charge in [-0.15, -0.1) is 0 Å². The highest BCUT2D eigenvalue weighted by atomic mass is 19.1. The van der Waals surface area contributed by atoms with E-state index < -0.39 is 5.79 Å². The van der Waals surface area contributed by atoms with Crippen LogP contribution in [0, 0.1) is 5.82 Å². The van der Waals surface area contributed by atoms with E-state index >= 15 is 0 Å². The van der Waals surface area contributed by atoms with E-state index in [0.717, 1.165) is 54.5 Å². The summed E-state index contributed by atoms with van der Waals surface area (Å²) in [4.78, 5) is 20.6. The van der Waals surface area contributed by atoms with Crippen LogP contribution in [0.1, 0.15) is 48.5 Å². The molecule has 2 saturated heterocycles. The lowest BCUT2D eigenvalue weighted by molar-refractivity contribution is -0.169. The molecule has 0 N–H and O–H groups in total. The second-order valence-electron chi connectivity index (χ2n) is 8.76. The van der Waals surface area contributed by atoms with Crippen molar-refractivity contribution >= 4 is 5.82 Å². The quantitative estimate of drug-likeness (QED) is 0.568. The zero-order valence-electron chi connectivity index (χ0n) is 18.8. The molecule has 1 spiro atoms. The summed E-state index contributed by atoms with van der Waals surface area (Å²) in [6, 6.07) is 8.71. The van der Waals surface area contributed by atoms with Crippen LogP contribution in [0.15, 0.2) is 48.9 Å². The molecule has 0 unspecified atom stereocenters. The van der Waals surface area contributed by atoms with Crippen LogP contribution in [0.3, 0.4) is 0 Å². The zero-order chi connectivity index (χ0) is 22.7. The zero-order valence-corrected chi connectivity index (χ0v) is 18.8. The van der Waals surface area contributed by atoms with Gasteiger partial charge in [0.15, 0.2) is 5.79 Å². The van der Waals surface area contributed by atoms with Gasteiger partial charge in [0.1, 0.15) is 17.5 Å². The third kappa shape index (κ3) is 5.17. The standard InChI is InChI=1S/C25H28FN5O2/c1-18(19-2-4-20(26)5-3-19)14-23-29-21(15-22-17-27-8-9-28-22)16-24(30-23)31-10-6-25(7-11-31)32-12-13-33-25/h2-5,8-9,16-18H,6-7,10-15H2,1H3/t18-/m1/s1. The molecule has 0 bridgehead atoms. The van der Waals surface area contributed by atoms with Crippen LogP contribution >= 0.6 is 0 Å². The van der Waals surface area contributed by atoms with E-state index in [9.17, 15) is 4.39 Å². The van der Waals surface area contributed by atoms with Gasteiger partial charge >= 0.3 is 0 Å². The molecule has 8 heteroatoms. The maximum Gasteiger partial charge on any atom is 0.171 e. The minimum Gasteiger partial charge on any atom is -0.356 e. The van der Waals surface area contributed by atoms with Crippen LogP contribution in [0.2, 0.25) is 0 Å². The monoisotopic (exact) mass is 449 g/mol. The number of nitrogens with zero attached hydrogens (tertiary/aromatic N) is 5. The number of aromatic nitrogens is 4. The number of ether oxygens (including phenoxy) is 2. The lowest BCUT2D eigenvalue weighted by Gasteiger charge is -2.38. The van der Waals surface area contributed by atoms with E-state index in [-0.39, 0.29) is 11.7 Å². The molecular formula is C25H28FN5O2. The van der Waals surface area contributed by atoms with E-state index in [2.05, 4.69) is 27.9 Å². The van der Waals surface area contributed by atoms with Crippen molar-refractivity contribution in [2.24, 2.45) is 0 Å². The Morgan fingerprint density at radius 2 is 1.79 bits per heavy atom. The first-order valence-corrected chi connectivity index (χ1v) is 11.5. The van der Waals surface area contributed by atoms with E-state index in [1.807, 2.05) is 12.1 Å². The average Bonchev–Trinajstić information content (AvgIpc) is 3.28. The smallest absolute Gasteiger partial charge is 0.171 e. The number of hydrogen-bond donors (Lipinski definition) is 0. The lowest BCUT2D eigenvalue weighted by atomic mass is 9.97. The summed E-state index contributed by atoms with van der Waals surface area (Å²) in [6.45, 7) is 5.08. The normalized spacial score (nSPS) is 18.5. The number of halogens is 1. The molecule has 3 aromatic rings. The summed E-state index contributed by atoms with van der Waals surface area (Å²) in [7, 11) is 0. The van der Waals surface area contributed by atoms with Crippen LogP contribution < -0.4 is 4.90 Å². The van der Waals surface area contributed by atoms with Crippen LogP contribution in [0.5, 0.6) is 0 Å². The van der Waals surface area contributed by atoms with Gasteiger partial charge in [-0.3, -0.25) is 9.97 Å². The molecule has 1 aromatic carbocycles. The number of rotatable bonds is 6. The highest BCUT2D eigenvalue weighted by Gasteiger charge is 2.40. The van der Waals surface area contributed by atoms with Crippen molar-refractivity contribution in [3.8, 4) is 0 Å². The molecular weight excluding hydrogens is 421 g/mol. The van der Waals surface area contributed by atoms with E-state index in [0.29, 0.717) is 26.1 Å². The Hall–Kier alpha value is -2.97. The summed E-state index contributed by atoms with van der Waals surface area (Å²) in [5.74, 6) is 1.20. The van der Waals surface area contributed by atoms with Gasteiger partial charge in [0.2, 0.25) is 0 Å². The topological polar surface area (TPSA) is 73.3 Å². The molecule has 0 aliphatic carbocycles. The van der Waals surface area contributed by atoms with Gasteiger partial charge in [-0.25, -0.2) is 14.4 Å². The molecule has 0 amide bonds. The summed E-state index contributed by atoms with van der Waals surface area (Å²) < 4.78 is 25.1. The minimum atomic E-state index is -0.425. The first kappa shape index (κ1) is 21.9. The van der Waals surface area contributed by atoms with Crippen molar-refractivity contribution in [3.63, 3.8) is 0 Å². The number of benzene rings is 1. The molecule has 2 aliphatic rings. The SMILES string of the molecule is C[C@H](Cc1nc(Cc2cnccn2)cc(N2CCC3(CC2)OCCO3)n1)c1ccc(F)cc1. The molecule has 2 aliphatic heterocycles. The predicted octanol–water partition coefficient (Wildman–Crippen LogP) is 3.69. The Labute approximate surface area is 193 Å². The fraction of sp³-hybridized carbons (Fsp3) is 0.440. The molecule has 1 atom stereocenters. The van der Waals surface area contributed by atoms with Crippen molar-refractivity contribution in [2.75, 3.05) is 31.2 Å². The van der Waals surface area contributed by atoms with Crippen molar-refractivity contribution in [1.82, 2.24) is 19.9 Å². The number of anilines is 1. The fourth-order valence-corrected chi connectivity index (χ4v) is 4.53. The lowest BCUT2D eigenvalue weighted by Crippen LogP contribution is -2.45. The first-order valence-electron chi connectivity index (χ1n) is 11.5. The van der Waals surface area contributed by atoms with Gasteiger partial charge in [0.25, 0.3) is 0 Å². The fourth-order valence-electron chi connectivity index (χ4n) is 4.53. The van der Waals surface area contributed by atoms with Crippen molar-refractivity contribution in [2.45, 2.75) is 44.3 Å². The Bertz CT molecular complexity index is 1060. The molecule has 7 nitrogen and oxygen atoms in total. The summed E-state index contributed by atoms with van der Waals surface area (Å²) >= 11 is 0. The molecule has 2 fully saturated rings. The largest absolute Gasteiger partial charge is 0.356 e. The average molecular weight is 450 g/mol. The van der Waals surface area contributed by atoms with Crippen LogP contribution in [-0.4, -0.2) is 52.0 Å². The van der Waals surface area contributed by atoms with Gasteiger partial charge in [0, 0.05) is 63.4 Å². The third-order valence-electron chi connectivity index (χ3n) is 6.38. The second kappa shape index (κ2) is 9.49. The third-order valence-corrected chi connectivity index (χ3v) is 6.38. The molecule has 5 rings (SSSR count). The molecule has 0 radical (unpaired) electrons. The molecule has 172 valence electrons. The summed E-state index contributed by atoms with van der Waals surface area (Å²) in [6.07, 6.45) is 8.02. The Morgan fingerprint density at radius 3 is 2.48 bits per heavy atom. The second-order valence-corrected chi connectivity index (χ2v) is 8.76. The minimum absolute atomic E-state index is 0.162. The Balaban J connectivity index is 1.38. The van der Waals surface area contributed by atoms with Gasteiger partial charge in [-0.1, -0.05) is 19.1 Å². The first-order chi connectivity index (χ1) is 16.1. The van der Waals surface area contributed by atoms with Crippen LogP contribution in [0.4, 0.5) is 10.2 Å². The van der Waals surface area contributed by atoms with Crippen molar-refractivity contribution < 1.29 is 13.9 Å².